The quantitative estimate of drug-likeness (QED) is 0.639. The molecule has 3 aromatic rings. The van der Waals surface area contributed by atoms with Crippen molar-refractivity contribution in [2.24, 2.45) is 0 Å². The normalized spacial score (nSPS) is 20.5. The zero-order valence-electron chi connectivity index (χ0n) is 16.3. The second-order valence-corrected chi connectivity index (χ2v) is 7.42. The Labute approximate surface area is 171 Å². The average Bonchev–Trinajstić information content (AvgIpc) is 3.38. The number of fused-ring (bicyclic) bond motifs is 2. The third kappa shape index (κ3) is 2.55. The molecule has 0 bridgehead atoms. The van der Waals surface area contributed by atoms with Gasteiger partial charge in [0, 0.05) is 29.4 Å². The SMILES string of the molecule is COc1ccc2c(c1)C(=O)N(CC1(c3cc4c(C)nccc4o3)NC(=O)NC1=O)C2. The number of rotatable bonds is 4. The van der Waals surface area contributed by atoms with Crippen LogP contribution in [0.2, 0.25) is 0 Å². The number of furan rings is 1. The van der Waals surface area contributed by atoms with Crippen molar-refractivity contribution in [3.63, 3.8) is 0 Å². The molecule has 2 aromatic heterocycles. The Morgan fingerprint density at radius 2 is 2.07 bits per heavy atom. The number of aromatic nitrogens is 1. The van der Waals surface area contributed by atoms with Crippen LogP contribution in [0.25, 0.3) is 11.0 Å². The lowest BCUT2D eigenvalue weighted by molar-refractivity contribution is -0.125. The Morgan fingerprint density at radius 1 is 1.23 bits per heavy atom. The fourth-order valence-electron chi connectivity index (χ4n) is 4.04. The second-order valence-electron chi connectivity index (χ2n) is 7.42. The van der Waals surface area contributed by atoms with E-state index in [0.29, 0.717) is 23.4 Å². The number of nitrogens with one attached hydrogen (secondary N) is 2. The van der Waals surface area contributed by atoms with Crippen molar-refractivity contribution in [1.82, 2.24) is 20.5 Å². The number of urea groups is 1. The highest BCUT2D eigenvalue weighted by molar-refractivity contribution is 6.08. The van der Waals surface area contributed by atoms with Gasteiger partial charge in [0.2, 0.25) is 0 Å². The first-order chi connectivity index (χ1) is 14.4. The van der Waals surface area contributed by atoms with Gasteiger partial charge in [-0.05, 0) is 36.8 Å². The Bertz CT molecular complexity index is 1230. The summed E-state index contributed by atoms with van der Waals surface area (Å²) in [7, 11) is 1.53. The predicted molar refractivity (Wildman–Crippen MR) is 105 cm³/mol. The maximum Gasteiger partial charge on any atom is 0.322 e. The maximum atomic E-state index is 13.0. The van der Waals surface area contributed by atoms with Crippen LogP contribution in [0.5, 0.6) is 5.75 Å². The molecule has 1 unspecified atom stereocenters. The first-order valence-corrected chi connectivity index (χ1v) is 9.37. The van der Waals surface area contributed by atoms with E-state index in [2.05, 4.69) is 15.6 Å². The van der Waals surface area contributed by atoms with Gasteiger partial charge in [0.25, 0.3) is 11.8 Å². The van der Waals surface area contributed by atoms with E-state index < -0.39 is 17.5 Å². The van der Waals surface area contributed by atoms with Gasteiger partial charge in [-0.25, -0.2) is 4.79 Å². The number of ether oxygens (including phenoxy) is 1. The summed E-state index contributed by atoms with van der Waals surface area (Å²) >= 11 is 0. The number of carbonyl (C=O) groups excluding carboxylic acids is 3. The molecule has 2 aliphatic heterocycles. The molecule has 4 heterocycles. The zero-order chi connectivity index (χ0) is 21.0. The first kappa shape index (κ1) is 18.2. The molecule has 1 aromatic carbocycles. The van der Waals surface area contributed by atoms with Crippen LogP contribution in [0, 0.1) is 6.92 Å². The zero-order valence-corrected chi connectivity index (χ0v) is 16.3. The van der Waals surface area contributed by atoms with E-state index in [1.54, 1.807) is 30.5 Å². The molecule has 9 nitrogen and oxygen atoms in total. The van der Waals surface area contributed by atoms with Crippen LogP contribution < -0.4 is 15.4 Å². The van der Waals surface area contributed by atoms with Crippen molar-refractivity contribution in [3.8, 4) is 5.75 Å². The second kappa shape index (κ2) is 6.31. The summed E-state index contributed by atoms with van der Waals surface area (Å²) in [6, 6.07) is 8.03. The molecule has 152 valence electrons. The smallest absolute Gasteiger partial charge is 0.322 e. The van der Waals surface area contributed by atoms with Gasteiger partial charge in [0.05, 0.1) is 13.7 Å². The van der Waals surface area contributed by atoms with E-state index in [9.17, 15) is 14.4 Å². The number of aryl methyl sites for hydroxylation is 1. The molecule has 1 saturated heterocycles. The number of hydrogen-bond acceptors (Lipinski definition) is 6. The lowest BCUT2D eigenvalue weighted by Crippen LogP contribution is -2.52. The Kier molecular flexibility index (Phi) is 3.82. The number of amides is 4. The van der Waals surface area contributed by atoms with E-state index >= 15 is 0 Å². The summed E-state index contributed by atoms with van der Waals surface area (Å²) in [5.41, 5.74) is 1.08. The summed E-state index contributed by atoms with van der Waals surface area (Å²) in [6.45, 7) is 2.06. The average molecular weight is 406 g/mol. The molecule has 2 aliphatic rings. The summed E-state index contributed by atoms with van der Waals surface area (Å²) in [5, 5.41) is 5.69. The molecular formula is C21H18N4O5. The third-order valence-corrected chi connectivity index (χ3v) is 5.63. The minimum absolute atomic E-state index is 0.0767. The highest BCUT2D eigenvalue weighted by Gasteiger charge is 2.53. The van der Waals surface area contributed by atoms with E-state index in [-0.39, 0.29) is 18.2 Å². The number of methoxy groups -OCH3 is 1. The molecule has 5 rings (SSSR count). The van der Waals surface area contributed by atoms with Crippen molar-refractivity contribution in [2.75, 3.05) is 13.7 Å². The predicted octanol–water partition coefficient (Wildman–Crippen LogP) is 1.84. The molecule has 30 heavy (non-hydrogen) atoms. The molecule has 2 N–H and O–H groups in total. The van der Waals surface area contributed by atoms with Gasteiger partial charge in [0.1, 0.15) is 17.1 Å². The summed E-state index contributed by atoms with van der Waals surface area (Å²) in [4.78, 5) is 43.8. The van der Waals surface area contributed by atoms with Crippen molar-refractivity contribution >= 4 is 28.8 Å². The van der Waals surface area contributed by atoms with Crippen molar-refractivity contribution in [1.29, 1.82) is 0 Å². The Morgan fingerprint density at radius 3 is 2.77 bits per heavy atom. The van der Waals surface area contributed by atoms with Gasteiger partial charge < -0.3 is 19.4 Å². The van der Waals surface area contributed by atoms with E-state index in [1.165, 1.54) is 12.0 Å². The lowest BCUT2D eigenvalue weighted by atomic mass is 9.95. The van der Waals surface area contributed by atoms with Crippen LogP contribution in [0.1, 0.15) is 27.4 Å². The van der Waals surface area contributed by atoms with E-state index in [1.807, 2.05) is 13.0 Å². The molecular weight excluding hydrogens is 388 g/mol. The van der Waals surface area contributed by atoms with Crippen molar-refractivity contribution < 1.29 is 23.5 Å². The number of nitrogens with zero attached hydrogens (tertiary/aromatic N) is 2. The van der Waals surface area contributed by atoms with Gasteiger partial charge in [-0.15, -0.1) is 0 Å². The van der Waals surface area contributed by atoms with E-state index in [4.69, 9.17) is 9.15 Å². The van der Waals surface area contributed by atoms with Crippen LogP contribution >= 0.6 is 0 Å². The van der Waals surface area contributed by atoms with Gasteiger partial charge in [-0.1, -0.05) is 6.07 Å². The standard InChI is InChI=1S/C21H18N4O5/c1-11-14-8-17(30-16(14)5-6-22-11)21(19(27)23-20(28)24-21)10-25-9-12-3-4-13(29-2)7-15(12)18(25)26/h3-8H,9-10H2,1-2H3,(H2,23,24,27,28). The topological polar surface area (TPSA) is 114 Å². The molecule has 4 amide bonds. The van der Waals surface area contributed by atoms with Crippen molar-refractivity contribution in [3.05, 3.63) is 59.1 Å². The monoisotopic (exact) mass is 406 g/mol. The van der Waals surface area contributed by atoms with Crippen LogP contribution in [0.3, 0.4) is 0 Å². The third-order valence-electron chi connectivity index (χ3n) is 5.63. The summed E-state index contributed by atoms with van der Waals surface area (Å²) in [5.74, 6) is 0.00816. The fraction of sp³-hybridized carbons (Fsp3) is 0.238. The van der Waals surface area contributed by atoms with Crippen LogP contribution in [-0.4, -0.2) is 41.4 Å². The van der Waals surface area contributed by atoms with Gasteiger partial charge in [-0.2, -0.15) is 0 Å². The fourth-order valence-corrected chi connectivity index (χ4v) is 4.04. The molecule has 9 heteroatoms. The molecule has 0 aliphatic carbocycles. The van der Waals surface area contributed by atoms with Crippen LogP contribution in [-0.2, 0) is 16.9 Å². The summed E-state index contributed by atoms with van der Waals surface area (Å²) < 4.78 is 11.1. The number of pyridine rings is 1. The molecule has 0 spiro atoms. The van der Waals surface area contributed by atoms with Gasteiger partial charge >= 0.3 is 6.03 Å². The number of carbonyl (C=O) groups is 3. The molecule has 0 saturated carbocycles. The number of imide groups is 1. The highest BCUT2D eigenvalue weighted by Crippen LogP contribution is 2.35. The van der Waals surface area contributed by atoms with E-state index in [0.717, 1.165) is 16.6 Å². The Balaban J connectivity index is 1.56. The highest BCUT2D eigenvalue weighted by atomic mass is 16.5. The van der Waals surface area contributed by atoms with Gasteiger partial charge in [-0.3, -0.25) is 19.9 Å². The van der Waals surface area contributed by atoms with Gasteiger partial charge in [0.15, 0.2) is 5.54 Å². The van der Waals surface area contributed by atoms with Crippen molar-refractivity contribution in [2.45, 2.75) is 19.0 Å². The Hall–Kier alpha value is -3.88. The lowest BCUT2D eigenvalue weighted by Gasteiger charge is -2.29. The molecule has 1 fully saturated rings. The number of hydrogen-bond donors (Lipinski definition) is 2. The number of benzene rings is 1. The summed E-state index contributed by atoms with van der Waals surface area (Å²) in [6.07, 6.45) is 1.61. The van der Waals surface area contributed by atoms with Crippen LogP contribution in [0.15, 0.2) is 40.9 Å². The maximum absolute atomic E-state index is 13.0. The van der Waals surface area contributed by atoms with Crippen LogP contribution in [0.4, 0.5) is 4.79 Å². The minimum atomic E-state index is -1.54. The molecule has 1 atom stereocenters. The molecule has 0 radical (unpaired) electrons. The minimum Gasteiger partial charge on any atom is -0.497 e. The first-order valence-electron chi connectivity index (χ1n) is 9.37. The largest absolute Gasteiger partial charge is 0.497 e.